The summed E-state index contributed by atoms with van der Waals surface area (Å²) in [6.07, 6.45) is 1.84. The molecule has 0 bridgehead atoms. The summed E-state index contributed by atoms with van der Waals surface area (Å²) >= 11 is 1.62. The number of thioether (sulfide) groups is 1. The summed E-state index contributed by atoms with van der Waals surface area (Å²) < 4.78 is 0. The summed E-state index contributed by atoms with van der Waals surface area (Å²) in [4.78, 5) is 17.7. The van der Waals surface area contributed by atoms with E-state index in [2.05, 4.69) is 45.0 Å². The number of aromatic nitrogens is 1. The van der Waals surface area contributed by atoms with Crippen LogP contribution in [0.1, 0.15) is 39.0 Å². The molecule has 0 saturated carbocycles. The Labute approximate surface area is 152 Å². The van der Waals surface area contributed by atoms with Gasteiger partial charge < -0.3 is 0 Å². The number of pyridine rings is 1. The third kappa shape index (κ3) is 2.87. The van der Waals surface area contributed by atoms with Crippen LogP contribution in [0.15, 0.2) is 47.5 Å². The molecule has 1 aliphatic rings. The number of carbonyl (C=O) groups excluding carboxylic acids is 1. The summed E-state index contributed by atoms with van der Waals surface area (Å²) in [7, 11) is 0. The summed E-state index contributed by atoms with van der Waals surface area (Å²) in [6.45, 7) is 6.37. The molecule has 0 amide bonds. The van der Waals surface area contributed by atoms with E-state index >= 15 is 0 Å². The molecular weight excluding hydrogens is 326 g/mol. The average Bonchev–Trinajstić information content (AvgIpc) is 2.61. The molecular formula is C22H21NOS. The van der Waals surface area contributed by atoms with Gasteiger partial charge in [0.05, 0.1) is 15.8 Å². The van der Waals surface area contributed by atoms with Crippen LogP contribution < -0.4 is 0 Å². The fourth-order valence-corrected chi connectivity index (χ4v) is 4.71. The highest BCUT2D eigenvalue weighted by atomic mass is 32.2. The number of rotatable bonds is 2. The first-order valence-corrected chi connectivity index (χ1v) is 9.59. The molecule has 0 aliphatic heterocycles. The van der Waals surface area contributed by atoms with E-state index in [4.69, 9.17) is 4.98 Å². The average molecular weight is 347 g/mol. The SMILES string of the molecule is Cc1ccc2c(C)cc(SC3CCc4ccccc4C3=O)nc2c1C. The summed E-state index contributed by atoms with van der Waals surface area (Å²) in [5, 5.41) is 2.12. The summed E-state index contributed by atoms with van der Waals surface area (Å²) in [5.74, 6) is 0.243. The van der Waals surface area contributed by atoms with Gasteiger partial charge in [0, 0.05) is 10.9 Å². The zero-order valence-electron chi connectivity index (χ0n) is 14.8. The Hall–Kier alpha value is -2.13. The number of aryl methyl sites for hydroxylation is 4. The molecule has 3 heteroatoms. The fourth-order valence-electron chi connectivity index (χ4n) is 3.56. The third-order valence-electron chi connectivity index (χ3n) is 5.20. The number of hydrogen-bond donors (Lipinski definition) is 0. The molecule has 1 unspecified atom stereocenters. The van der Waals surface area contributed by atoms with Gasteiger partial charge in [-0.1, -0.05) is 48.2 Å². The van der Waals surface area contributed by atoms with Gasteiger partial charge in [0.2, 0.25) is 0 Å². The number of nitrogens with zero attached hydrogens (tertiary/aromatic N) is 1. The first kappa shape index (κ1) is 16.3. The Morgan fingerprint density at radius 2 is 1.84 bits per heavy atom. The van der Waals surface area contributed by atoms with Gasteiger partial charge in [-0.15, -0.1) is 0 Å². The summed E-state index contributed by atoms with van der Waals surface area (Å²) in [6, 6.07) is 14.4. The fraction of sp³-hybridized carbons (Fsp3) is 0.273. The monoisotopic (exact) mass is 347 g/mol. The van der Waals surface area contributed by atoms with Crippen molar-refractivity contribution in [2.24, 2.45) is 0 Å². The van der Waals surface area contributed by atoms with Crippen molar-refractivity contribution in [3.05, 3.63) is 70.3 Å². The van der Waals surface area contributed by atoms with Crippen LogP contribution >= 0.6 is 11.8 Å². The maximum absolute atomic E-state index is 12.8. The molecule has 126 valence electrons. The predicted molar refractivity (Wildman–Crippen MR) is 105 cm³/mol. The molecule has 1 heterocycles. The van der Waals surface area contributed by atoms with Crippen molar-refractivity contribution in [2.75, 3.05) is 0 Å². The highest BCUT2D eigenvalue weighted by molar-refractivity contribution is 8.00. The Morgan fingerprint density at radius 1 is 1.04 bits per heavy atom. The molecule has 2 aromatic carbocycles. The van der Waals surface area contributed by atoms with E-state index in [9.17, 15) is 4.79 Å². The standard InChI is InChI=1S/C22H21NOS/c1-13-8-10-17-14(2)12-20(23-21(17)15(13)3)25-19-11-9-16-6-4-5-7-18(16)22(19)24/h4-8,10,12,19H,9,11H2,1-3H3. The van der Waals surface area contributed by atoms with Gasteiger partial charge in [0.1, 0.15) is 0 Å². The number of fused-ring (bicyclic) bond motifs is 2. The lowest BCUT2D eigenvalue weighted by Gasteiger charge is -2.22. The van der Waals surface area contributed by atoms with E-state index in [1.807, 2.05) is 18.2 Å². The van der Waals surface area contributed by atoms with Crippen LogP contribution in [0.4, 0.5) is 0 Å². The first-order valence-electron chi connectivity index (χ1n) is 8.71. The van der Waals surface area contributed by atoms with E-state index in [1.54, 1.807) is 11.8 Å². The van der Waals surface area contributed by atoms with E-state index in [-0.39, 0.29) is 11.0 Å². The second-order valence-corrected chi connectivity index (χ2v) is 8.07. The number of hydrogen-bond acceptors (Lipinski definition) is 3. The smallest absolute Gasteiger partial charge is 0.176 e. The highest BCUT2D eigenvalue weighted by Gasteiger charge is 2.28. The van der Waals surface area contributed by atoms with Crippen molar-refractivity contribution in [1.29, 1.82) is 0 Å². The molecule has 0 spiro atoms. The molecule has 0 radical (unpaired) electrons. The quantitative estimate of drug-likeness (QED) is 0.617. The highest BCUT2D eigenvalue weighted by Crippen LogP contribution is 2.35. The van der Waals surface area contributed by atoms with Gasteiger partial charge in [0.15, 0.2) is 5.78 Å². The Morgan fingerprint density at radius 3 is 2.68 bits per heavy atom. The molecule has 2 nitrogen and oxygen atoms in total. The molecule has 0 N–H and O–H groups in total. The second kappa shape index (κ2) is 6.30. The van der Waals surface area contributed by atoms with Crippen molar-refractivity contribution in [2.45, 2.75) is 43.9 Å². The van der Waals surface area contributed by atoms with Gasteiger partial charge in [-0.2, -0.15) is 0 Å². The Kier molecular flexibility index (Phi) is 4.12. The maximum Gasteiger partial charge on any atom is 0.176 e. The largest absolute Gasteiger partial charge is 0.293 e. The minimum absolute atomic E-state index is 0.0376. The minimum atomic E-state index is -0.0376. The molecule has 3 aromatic rings. The number of Topliss-reactive ketones (excluding diaryl/α,β-unsaturated/α-hetero) is 1. The van der Waals surface area contributed by atoms with Crippen molar-refractivity contribution in [1.82, 2.24) is 4.98 Å². The molecule has 1 atom stereocenters. The van der Waals surface area contributed by atoms with Crippen LogP contribution in [0.25, 0.3) is 10.9 Å². The lowest BCUT2D eigenvalue weighted by Crippen LogP contribution is -2.24. The summed E-state index contributed by atoms with van der Waals surface area (Å²) in [5.41, 5.74) is 6.83. The van der Waals surface area contributed by atoms with Crippen LogP contribution in [0.5, 0.6) is 0 Å². The molecule has 25 heavy (non-hydrogen) atoms. The van der Waals surface area contributed by atoms with Crippen molar-refractivity contribution in [3.8, 4) is 0 Å². The predicted octanol–water partition coefficient (Wildman–Crippen LogP) is 5.45. The molecule has 1 aliphatic carbocycles. The van der Waals surface area contributed by atoms with Crippen LogP contribution in [0.3, 0.4) is 0 Å². The van der Waals surface area contributed by atoms with E-state index < -0.39 is 0 Å². The van der Waals surface area contributed by atoms with E-state index in [1.165, 1.54) is 27.6 Å². The number of ketones is 1. The molecule has 0 fully saturated rings. The van der Waals surface area contributed by atoms with Crippen molar-refractivity contribution >= 4 is 28.4 Å². The van der Waals surface area contributed by atoms with E-state index in [0.29, 0.717) is 0 Å². The van der Waals surface area contributed by atoms with Gasteiger partial charge in [0.25, 0.3) is 0 Å². The van der Waals surface area contributed by atoms with Gasteiger partial charge in [-0.25, -0.2) is 4.98 Å². The lowest BCUT2D eigenvalue weighted by atomic mass is 9.90. The molecule has 0 saturated heterocycles. The van der Waals surface area contributed by atoms with E-state index in [0.717, 1.165) is 28.9 Å². The normalized spacial score (nSPS) is 16.9. The van der Waals surface area contributed by atoms with Gasteiger partial charge in [-0.3, -0.25) is 4.79 Å². The lowest BCUT2D eigenvalue weighted by molar-refractivity contribution is 0.0979. The molecule has 1 aromatic heterocycles. The van der Waals surface area contributed by atoms with Crippen LogP contribution in [-0.4, -0.2) is 16.0 Å². The Bertz CT molecular complexity index is 993. The van der Waals surface area contributed by atoms with Crippen molar-refractivity contribution < 1.29 is 4.79 Å². The second-order valence-electron chi connectivity index (χ2n) is 6.85. The number of benzene rings is 2. The molecule has 4 rings (SSSR count). The van der Waals surface area contributed by atoms with Crippen molar-refractivity contribution in [3.63, 3.8) is 0 Å². The van der Waals surface area contributed by atoms with Gasteiger partial charge in [-0.05, 0) is 61.9 Å². The zero-order valence-corrected chi connectivity index (χ0v) is 15.6. The first-order chi connectivity index (χ1) is 12.0. The topological polar surface area (TPSA) is 30.0 Å². The Balaban J connectivity index is 1.70. The van der Waals surface area contributed by atoms with Gasteiger partial charge >= 0.3 is 0 Å². The van der Waals surface area contributed by atoms with Crippen LogP contribution in [-0.2, 0) is 6.42 Å². The number of carbonyl (C=O) groups is 1. The van der Waals surface area contributed by atoms with Crippen LogP contribution in [0, 0.1) is 20.8 Å². The van der Waals surface area contributed by atoms with Crippen LogP contribution in [0.2, 0.25) is 0 Å². The third-order valence-corrected chi connectivity index (χ3v) is 6.39. The maximum atomic E-state index is 12.8. The zero-order chi connectivity index (χ0) is 17.6. The minimum Gasteiger partial charge on any atom is -0.293 e.